The van der Waals surface area contributed by atoms with Crippen LogP contribution in [0.2, 0.25) is 0 Å². The van der Waals surface area contributed by atoms with Gasteiger partial charge in [0.2, 0.25) is 0 Å². The molecule has 0 radical (unpaired) electrons. The van der Waals surface area contributed by atoms with Gasteiger partial charge in [-0.1, -0.05) is 70.2 Å². The molecule has 0 saturated heterocycles. The Bertz CT molecular complexity index is 332. The van der Waals surface area contributed by atoms with E-state index in [1.807, 2.05) is 12.2 Å². The summed E-state index contributed by atoms with van der Waals surface area (Å²) in [6, 6.07) is 0. The lowest BCUT2D eigenvalue weighted by Gasteiger charge is -2.06. The van der Waals surface area contributed by atoms with Crippen molar-refractivity contribution in [2.45, 2.75) is 66.2 Å². The topological polar surface area (TPSA) is 0 Å². The molecule has 0 aliphatic heterocycles. The summed E-state index contributed by atoms with van der Waals surface area (Å²) in [6.45, 7) is 20.0. The van der Waals surface area contributed by atoms with Gasteiger partial charge in [0.25, 0.3) is 0 Å². The lowest BCUT2D eigenvalue weighted by atomic mass is 10.00. The maximum absolute atomic E-state index is 3.83. The fourth-order valence-electron chi connectivity index (χ4n) is 1.90. The van der Waals surface area contributed by atoms with Crippen LogP contribution in [-0.4, -0.2) is 0 Å². The van der Waals surface area contributed by atoms with E-state index in [4.69, 9.17) is 0 Å². The van der Waals surface area contributed by atoms with Crippen LogP contribution < -0.4 is 0 Å². The first-order valence-electron chi connectivity index (χ1n) is 9.23. The Balaban J connectivity index is 0. The number of hydrogen-bond donors (Lipinski definition) is 0. The van der Waals surface area contributed by atoms with E-state index in [1.165, 1.54) is 19.3 Å². The predicted molar refractivity (Wildman–Crippen MR) is 110 cm³/mol. The lowest BCUT2D eigenvalue weighted by molar-refractivity contribution is 0.579. The van der Waals surface area contributed by atoms with Crippen LogP contribution in [0.1, 0.15) is 66.2 Å². The number of allylic oxidation sites excluding steroid dienone is 7. The minimum atomic E-state index is 0.604. The quantitative estimate of drug-likeness (QED) is 0.321. The van der Waals surface area contributed by atoms with Crippen molar-refractivity contribution in [3.8, 4) is 0 Å². The molecular weight excluding hydrogens is 276 g/mol. The molecule has 0 heterocycles. The van der Waals surface area contributed by atoms with Crippen LogP contribution >= 0.6 is 0 Å². The molecule has 0 N–H and O–H groups in total. The molecule has 0 heteroatoms. The van der Waals surface area contributed by atoms with E-state index in [0.717, 1.165) is 19.3 Å². The van der Waals surface area contributed by atoms with Crippen molar-refractivity contribution in [3.05, 3.63) is 62.3 Å². The second-order valence-corrected chi connectivity index (χ2v) is 6.23. The van der Waals surface area contributed by atoms with Crippen molar-refractivity contribution in [1.82, 2.24) is 0 Å². The van der Waals surface area contributed by atoms with Gasteiger partial charge in [0.15, 0.2) is 0 Å². The van der Waals surface area contributed by atoms with E-state index in [2.05, 4.69) is 77.8 Å². The molecule has 0 aliphatic carbocycles. The SMILES string of the molecule is C=CC(C)CC=CCC[C@@H](C=C)CC.C=C[C@@H](C)CC=CCC. The van der Waals surface area contributed by atoms with Crippen LogP contribution in [0.5, 0.6) is 0 Å². The highest BCUT2D eigenvalue weighted by Crippen LogP contribution is 2.12. The highest BCUT2D eigenvalue weighted by Gasteiger charge is 1.98. The summed E-state index contributed by atoms with van der Waals surface area (Å²) in [5, 5.41) is 0. The van der Waals surface area contributed by atoms with Crippen molar-refractivity contribution < 1.29 is 0 Å². The summed E-state index contributed by atoms with van der Waals surface area (Å²) in [6.07, 6.45) is 22.0. The monoisotopic (exact) mass is 316 g/mol. The summed E-state index contributed by atoms with van der Waals surface area (Å²) >= 11 is 0. The number of rotatable bonds is 12. The average Bonchev–Trinajstić information content (AvgIpc) is 2.58. The molecule has 132 valence electrons. The van der Waals surface area contributed by atoms with Crippen LogP contribution in [0.3, 0.4) is 0 Å². The molecule has 23 heavy (non-hydrogen) atoms. The van der Waals surface area contributed by atoms with Crippen LogP contribution in [0.4, 0.5) is 0 Å². The van der Waals surface area contributed by atoms with Crippen LogP contribution in [0, 0.1) is 17.8 Å². The Morgan fingerprint density at radius 2 is 1.26 bits per heavy atom. The lowest BCUT2D eigenvalue weighted by Crippen LogP contribution is -1.92. The van der Waals surface area contributed by atoms with Gasteiger partial charge in [-0.25, -0.2) is 0 Å². The highest BCUT2D eigenvalue weighted by atomic mass is 14.0. The molecule has 0 aromatic rings. The van der Waals surface area contributed by atoms with Crippen molar-refractivity contribution in [2.24, 2.45) is 17.8 Å². The molecule has 0 aromatic carbocycles. The van der Waals surface area contributed by atoms with Crippen LogP contribution in [-0.2, 0) is 0 Å². The van der Waals surface area contributed by atoms with Gasteiger partial charge in [-0.3, -0.25) is 0 Å². The fraction of sp³-hybridized carbons (Fsp3) is 0.565. The van der Waals surface area contributed by atoms with Crippen molar-refractivity contribution in [1.29, 1.82) is 0 Å². The third-order valence-corrected chi connectivity index (χ3v) is 3.95. The first kappa shape index (κ1) is 24.0. The minimum absolute atomic E-state index is 0.604. The molecule has 3 atom stereocenters. The third kappa shape index (κ3) is 18.7. The van der Waals surface area contributed by atoms with Crippen LogP contribution in [0.15, 0.2) is 62.3 Å². The van der Waals surface area contributed by atoms with Gasteiger partial charge >= 0.3 is 0 Å². The second-order valence-electron chi connectivity index (χ2n) is 6.23. The summed E-state index contributed by atoms with van der Waals surface area (Å²) in [4.78, 5) is 0. The van der Waals surface area contributed by atoms with Gasteiger partial charge < -0.3 is 0 Å². The molecular formula is C23H40. The van der Waals surface area contributed by atoms with Gasteiger partial charge in [0, 0.05) is 0 Å². The Hall–Kier alpha value is -1.30. The first-order valence-corrected chi connectivity index (χ1v) is 9.23. The normalized spacial score (nSPS) is 14.8. The zero-order chi connectivity index (χ0) is 17.9. The Morgan fingerprint density at radius 1 is 0.739 bits per heavy atom. The molecule has 0 nitrogen and oxygen atoms in total. The average molecular weight is 317 g/mol. The zero-order valence-corrected chi connectivity index (χ0v) is 16.1. The molecule has 0 bridgehead atoms. The standard InChI is InChI=1S/C14H24.C9H16/c1-5-13(4)11-9-8-10-12-14(6-2)7-3;1-4-6-7-8-9(3)5-2/h5-6,8-9,13-14H,1-2,7,10-12H2,3-4H3;5-7,9H,2,4,8H2,1,3H3/t13?,14-;9-/m01/s1. The van der Waals surface area contributed by atoms with Crippen molar-refractivity contribution >= 4 is 0 Å². The molecule has 0 saturated carbocycles. The van der Waals surface area contributed by atoms with E-state index in [1.54, 1.807) is 0 Å². The molecule has 0 fully saturated rings. The summed E-state index contributed by atoms with van der Waals surface area (Å²) in [7, 11) is 0. The molecule has 0 aromatic heterocycles. The Kier molecular flexibility index (Phi) is 19.5. The summed E-state index contributed by atoms with van der Waals surface area (Å²) < 4.78 is 0. The largest absolute Gasteiger partial charge is 0.103 e. The summed E-state index contributed by atoms with van der Waals surface area (Å²) in [5.74, 6) is 1.93. The smallest absolute Gasteiger partial charge is 0.0230 e. The van der Waals surface area contributed by atoms with Gasteiger partial charge in [0.1, 0.15) is 0 Å². The number of hydrogen-bond acceptors (Lipinski definition) is 0. The second kappa shape index (κ2) is 18.7. The van der Waals surface area contributed by atoms with Crippen molar-refractivity contribution in [2.75, 3.05) is 0 Å². The van der Waals surface area contributed by atoms with Crippen LogP contribution in [0.25, 0.3) is 0 Å². The van der Waals surface area contributed by atoms with Gasteiger partial charge in [-0.15, -0.1) is 19.7 Å². The molecule has 1 unspecified atom stereocenters. The predicted octanol–water partition coefficient (Wildman–Crippen LogP) is 7.91. The Labute approximate surface area is 146 Å². The van der Waals surface area contributed by atoms with Crippen molar-refractivity contribution in [3.63, 3.8) is 0 Å². The van der Waals surface area contributed by atoms with E-state index >= 15 is 0 Å². The van der Waals surface area contributed by atoms with E-state index in [-0.39, 0.29) is 0 Å². The highest BCUT2D eigenvalue weighted by molar-refractivity contribution is 4.89. The third-order valence-electron chi connectivity index (χ3n) is 3.95. The summed E-state index contributed by atoms with van der Waals surface area (Å²) in [5.41, 5.74) is 0. The first-order chi connectivity index (χ1) is 11.0. The Morgan fingerprint density at radius 3 is 1.65 bits per heavy atom. The maximum Gasteiger partial charge on any atom is -0.0230 e. The minimum Gasteiger partial charge on any atom is -0.103 e. The van der Waals surface area contributed by atoms with E-state index in [9.17, 15) is 0 Å². The van der Waals surface area contributed by atoms with E-state index < -0.39 is 0 Å². The molecule has 0 rings (SSSR count). The maximum atomic E-state index is 3.83. The fourth-order valence-corrected chi connectivity index (χ4v) is 1.90. The molecule has 0 aliphatic rings. The van der Waals surface area contributed by atoms with E-state index in [0.29, 0.717) is 17.8 Å². The van der Waals surface area contributed by atoms with Gasteiger partial charge in [0.05, 0.1) is 0 Å². The molecule has 0 spiro atoms. The zero-order valence-electron chi connectivity index (χ0n) is 16.1. The van der Waals surface area contributed by atoms with Gasteiger partial charge in [-0.2, -0.15) is 0 Å². The van der Waals surface area contributed by atoms with Gasteiger partial charge in [-0.05, 0) is 56.3 Å². The molecule has 0 amide bonds.